The Hall–Kier alpha value is -0.740. The van der Waals surface area contributed by atoms with Crippen LogP contribution in [-0.2, 0) is 10.0 Å². The lowest BCUT2D eigenvalue weighted by Crippen LogP contribution is -2.34. The van der Waals surface area contributed by atoms with Crippen molar-refractivity contribution >= 4 is 38.6 Å². The highest BCUT2D eigenvalue weighted by Gasteiger charge is 2.26. The Bertz CT molecular complexity index is 526. The maximum atomic E-state index is 11.7. The van der Waals surface area contributed by atoms with Crippen molar-refractivity contribution in [1.82, 2.24) is 4.72 Å². The van der Waals surface area contributed by atoms with Crippen molar-refractivity contribution in [2.75, 3.05) is 6.61 Å². The van der Waals surface area contributed by atoms with Gasteiger partial charge in [0.2, 0.25) is 0 Å². The number of thiophene rings is 1. The van der Waals surface area contributed by atoms with Crippen LogP contribution in [-0.4, -0.2) is 31.1 Å². The van der Waals surface area contributed by atoms with Crippen LogP contribution in [0.4, 0.5) is 5.69 Å². The molecular formula is C7H9ClN2O5S2. The quantitative estimate of drug-likeness (QED) is 0.622. The molecule has 10 heteroatoms. The minimum atomic E-state index is -3.89. The summed E-state index contributed by atoms with van der Waals surface area (Å²) >= 11 is 6.15. The maximum absolute atomic E-state index is 11.7. The van der Waals surface area contributed by atoms with E-state index < -0.39 is 26.7 Å². The zero-order valence-electron chi connectivity index (χ0n) is 8.58. The van der Waals surface area contributed by atoms with Crippen LogP contribution in [0.1, 0.15) is 6.92 Å². The van der Waals surface area contributed by atoms with Gasteiger partial charge < -0.3 is 5.11 Å². The fourth-order valence-electron chi connectivity index (χ4n) is 0.956. The SMILES string of the molecule is C[C@@H](CO)NS(=O)(=O)c1cc([N+](=O)[O-])c(Cl)s1. The van der Waals surface area contributed by atoms with E-state index in [0.717, 1.165) is 6.07 Å². The number of hydrogen-bond acceptors (Lipinski definition) is 6. The molecule has 1 aromatic rings. The molecule has 1 rings (SSSR count). The Morgan fingerprint density at radius 2 is 2.29 bits per heavy atom. The summed E-state index contributed by atoms with van der Waals surface area (Å²) < 4.78 is 25.1. The number of halogens is 1. The van der Waals surface area contributed by atoms with E-state index in [0.29, 0.717) is 11.3 Å². The van der Waals surface area contributed by atoms with Gasteiger partial charge in [0.1, 0.15) is 4.21 Å². The molecule has 17 heavy (non-hydrogen) atoms. The first-order valence-corrected chi connectivity index (χ1v) is 7.02. The minimum absolute atomic E-state index is 0.202. The van der Waals surface area contributed by atoms with E-state index in [-0.39, 0.29) is 15.2 Å². The zero-order valence-corrected chi connectivity index (χ0v) is 11.0. The standard InChI is InChI=1S/C7H9ClN2O5S2/c1-4(3-11)9-17(14,15)6-2-5(10(12)13)7(8)16-6/h2,4,9,11H,3H2,1H3/t4-/m0/s1. The summed E-state index contributed by atoms with van der Waals surface area (Å²) in [6.45, 7) is 1.08. The number of rotatable bonds is 5. The van der Waals surface area contributed by atoms with Gasteiger partial charge in [-0.1, -0.05) is 11.6 Å². The first-order valence-electron chi connectivity index (χ1n) is 4.35. The average Bonchev–Trinajstić information content (AvgIpc) is 2.60. The second-order valence-corrected chi connectivity index (χ2v) is 6.78. The van der Waals surface area contributed by atoms with Crippen LogP contribution in [0, 0.1) is 10.1 Å². The minimum Gasteiger partial charge on any atom is -0.395 e. The van der Waals surface area contributed by atoms with Crippen LogP contribution in [0.15, 0.2) is 10.3 Å². The smallest absolute Gasteiger partial charge is 0.300 e. The fraction of sp³-hybridized carbons (Fsp3) is 0.429. The van der Waals surface area contributed by atoms with Crippen molar-refractivity contribution < 1.29 is 18.4 Å². The third-order valence-electron chi connectivity index (χ3n) is 1.74. The van der Waals surface area contributed by atoms with E-state index in [1.165, 1.54) is 6.92 Å². The van der Waals surface area contributed by atoms with E-state index in [1.807, 2.05) is 0 Å². The highest BCUT2D eigenvalue weighted by atomic mass is 35.5. The van der Waals surface area contributed by atoms with Gasteiger partial charge in [-0.15, -0.1) is 11.3 Å². The number of nitrogens with zero attached hydrogens (tertiary/aromatic N) is 1. The van der Waals surface area contributed by atoms with E-state index in [2.05, 4.69) is 4.72 Å². The maximum Gasteiger partial charge on any atom is 0.300 e. The predicted molar refractivity (Wildman–Crippen MR) is 62.9 cm³/mol. The number of nitrogens with one attached hydrogen (secondary N) is 1. The lowest BCUT2D eigenvalue weighted by Gasteiger charge is -2.09. The summed E-state index contributed by atoms with van der Waals surface area (Å²) in [6, 6.07) is 0.208. The van der Waals surface area contributed by atoms with Gasteiger partial charge in [-0.05, 0) is 6.92 Å². The Kier molecular flexibility index (Phi) is 4.44. The normalized spacial score (nSPS) is 13.6. The highest BCUT2D eigenvalue weighted by molar-refractivity contribution is 7.91. The van der Waals surface area contributed by atoms with Gasteiger partial charge in [0.05, 0.1) is 11.5 Å². The van der Waals surface area contributed by atoms with Crippen molar-refractivity contribution in [3.05, 3.63) is 20.5 Å². The zero-order chi connectivity index (χ0) is 13.2. The molecule has 0 aliphatic heterocycles. The monoisotopic (exact) mass is 300 g/mol. The summed E-state index contributed by atoms with van der Waals surface area (Å²) in [6.07, 6.45) is 0. The average molecular weight is 301 g/mol. The Balaban J connectivity index is 3.08. The van der Waals surface area contributed by atoms with Crippen molar-refractivity contribution in [1.29, 1.82) is 0 Å². The lowest BCUT2D eigenvalue weighted by atomic mass is 10.4. The number of sulfonamides is 1. The Morgan fingerprint density at radius 1 is 1.71 bits per heavy atom. The number of nitro groups is 1. The summed E-state index contributed by atoms with van der Waals surface area (Å²) in [5.74, 6) is 0. The van der Waals surface area contributed by atoms with Gasteiger partial charge in [0, 0.05) is 12.1 Å². The molecule has 7 nitrogen and oxygen atoms in total. The van der Waals surface area contributed by atoms with Crippen LogP contribution < -0.4 is 4.72 Å². The number of hydrogen-bond donors (Lipinski definition) is 2. The summed E-state index contributed by atoms with van der Waals surface area (Å²) in [5.41, 5.74) is -0.450. The first kappa shape index (κ1) is 14.3. The van der Waals surface area contributed by atoms with E-state index in [1.54, 1.807) is 0 Å². The number of aliphatic hydroxyl groups is 1. The largest absolute Gasteiger partial charge is 0.395 e. The van der Waals surface area contributed by atoms with E-state index in [9.17, 15) is 18.5 Å². The molecule has 2 N–H and O–H groups in total. The van der Waals surface area contributed by atoms with Crippen LogP contribution in [0.5, 0.6) is 0 Å². The summed E-state index contributed by atoms with van der Waals surface area (Å²) in [7, 11) is -3.89. The second kappa shape index (κ2) is 5.27. The molecule has 1 atom stereocenters. The molecule has 0 fully saturated rings. The van der Waals surface area contributed by atoms with Crippen molar-refractivity contribution in [3.8, 4) is 0 Å². The van der Waals surface area contributed by atoms with Gasteiger partial charge >= 0.3 is 0 Å². The summed E-state index contributed by atoms with van der Waals surface area (Å²) in [5, 5.41) is 19.2. The van der Waals surface area contributed by atoms with Crippen LogP contribution >= 0.6 is 22.9 Å². The Morgan fingerprint density at radius 3 is 2.71 bits per heavy atom. The molecule has 0 radical (unpaired) electrons. The molecule has 0 amide bonds. The van der Waals surface area contributed by atoms with Crippen LogP contribution in [0.3, 0.4) is 0 Å². The molecule has 0 saturated carbocycles. The molecule has 0 bridgehead atoms. The van der Waals surface area contributed by atoms with Gasteiger partial charge in [-0.2, -0.15) is 0 Å². The lowest BCUT2D eigenvalue weighted by molar-refractivity contribution is -0.384. The second-order valence-electron chi connectivity index (χ2n) is 3.19. The molecule has 1 aromatic heterocycles. The first-order chi connectivity index (χ1) is 7.77. The molecular weight excluding hydrogens is 292 g/mol. The number of aliphatic hydroxyl groups excluding tert-OH is 1. The van der Waals surface area contributed by atoms with Gasteiger partial charge in [-0.3, -0.25) is 10.1 Å². The summed E-state index contributed by atoms with van der Waals surface area (Å²) in [4.78, 5) is 9.76. The van der Waals surface area contributed by atoms with E-state index >= 15 is 0 Å². The predicted octanol–water partition coefficient (Wildman–Crippen LogP) is 0.969. The molecule has 1 heterocycles. The molecule has 0 spiro atoms. The van der Waals surface area contributed by atoms with Crippen LogP contribution in [0.2, 0.25) is 4.34 Å². The molecule has 0 saturated heterocycles. The van der Waals surface area contributed by atoms with Crippen molar-refractivity contribution in [2.45, 2.75) is 17.2 Å². The molecule has 0 aromatic carbocycles. The van der Waals surface area contributed by atoms with Crippen molar-refractivity contribution in [3.63, 3.8) is 0 Å². The third kappa shape index (κ3) is 3.36. The molecule has 96 valence electrons. The third-order valence-corrected chi connectivity index (χ3v) is 5.14. The van der Waals surface area contributed by atoms with Gasteiger partial charge in [0.15, 0.2) is 4.34 Å². The van der Waals surface area contributed by atoms with Gasteiger partial charge in [0.25, 0.3) is 15.7 Å². The van der Waals surface area contributed by atoms with Crippen LogP contribution in [0.25, 0.3) is 0 Å². The highest BCUT2D eigenvalue weighted by Crippen LogP contribution is 2.36. The Labute approximate surface area is 106 Å². The fourth-order valence-corrected chi connectivity index (χ4v) is 3.87. The molecule has 0 unspecified atom stereocenters. The van der Waals surface area contributed by atoms with Gasteiger partial charge in [-0.25, -0.2) is 13.1 Å². The molecule has 0 aliphatic carbocycles. The van der Waals surface area contributed by atoms with E-state index in [4.69, 9.17) is 16.7 Å². The molecule has 0 aliphatic rings. The topological polar surface area (TPSA) is 110 Å². The van der Waals surface area contributed by atoms with Crippen molar-refractivity contribution in [2.24, 2.45) is 0 Å².